The molecule has 4 aromatic rings. The molecule has 0 radical (unpaired) electrons. The molecule has 0 bridgehead atoms. The molecule has 0 N–H and O–H groups in total. The first-order valence-electron chi connectivity index (χ1n) is 7.41. The van der Waals surface area contributed by atoms with Crippen LogP contribution >= 0.6 is 22.9 Å². The Morgan fingerprint density at radius 1 is 1.29 bits per heavy atom. The quantitative estimate of drug-likeness (QED) is 0.492. The predicted octanol–water partition coefficient (Wildman–Crippen LogP) is 4.87. The van der Waals surface area contributed by atoms with E-state index in [2.05, 4.69) is 4.98 Å². The largest absolute Gasteiger partial charge is 0.455 e. The average molecular weight is 357 g/mol. The van der Waals surface area contributed by atoms with Gasteiger partial charge in [0.2, 0.25) is 0 Å². The summed E-state index contributed by atoms with van der Waals surface area (Å²) in [5.74, 6) is -0.421. The van der Waals surface area contributed by atoms with Crippen molar-refractivity contribution in [2.24, 2.45) is 0 Å². The van der Waals surface area contributed by atoms with Crippen LogP contribution in [0.2, 0.25) is 5.02 Å². The number of pyridine rings is 1. The highest BCUT2D eigenvalue weighted by atomic mass is 35.5. The number of hydrogen-bond acceptors (Lipinski definition) is 4. The highest BCUT2D eigenvalue weighted by Gasteiger charge is 2.18. The number of esters is 1. The number of carbonyl (C=O) groups is 1. The molecule has 3 aromatic heterocycles. The summed E-state index contributed by atoms with van der Waals surface area (Å²) < 4.78 is 8.30. The lowest BCUT2D eigenvalue weighted by atomic mass is 10.2. The second kappa shape index (κ2) is 5.92. The third-order valence-corrected chi connectivity index (χ3v) is 5.45. The number of halogens is 1. The number of nitrogens with zero attached hydrogens (tertiary/aromatic N) is 2. The maximum atomic E-state index is 12.4. The first-order valence-corrected chi connectivity index (χ1v) is 8.60. The van der Waals surface area contributed by atoms with E-state index in [0.717, 1.165) is 21.3 Å². The van der Waals surface area contributed by atoms with E-state index >= 15 is 0 Å². The molecular weight excluding hydrogens is 344 g/mol. The van der Waals surface area contributed by atoms with Crippen LogP contribution in [0.15, 0.2) is 48.8 Å². The molecule has 0 spiro atoms. The van der Waals surface area contributed by atoms with Crippen molar-refractivity contribution in [1.29, 1.82) is 0 Å². The van der Waals surface area contributed by atoms with E-state index in [-0.39, 0.29) is 6.61 Å². The molecule has 6 heteroatoms. The number of rotatable bonds is 3. The van der Waals surface area contributed by atoms with Gasteiger partial charge < -0.3 is 9.14 Å². The molecule has 0 aliphatic rings. The SMILES string of the molecule is Cc1cccn2cc(COC(=O)c3sc4ccccc4c3Cl)nc12. The molecule has 0 unspecified atom stereocenters. The fourth-order valence-corrected chi connectivity index (χ4v) is 4.03. The summed E-state index contributed by atoms with van der Waals surface area (Å²) in [5.41, 5.74) is 2.64. The van der Waals surface area contributed by atoms with Crippen molar-refractivity contribution in [3.63, 3.8) is 0 Å². The lowest BCUT2D eigenvalue weighted by molar-refractivity contribution is 0.0474. The second-order valence-corrected chi connectivity index (χ2v) is 6.90. The van der Waals surface area contributed by atoms with Gasteiger partial charge in [-0.15, -0.1) is 11.3 Å². The molecule has 0 atom stereocenters. The van der Waals surface area contributed by atoms with Gasteiger partial charge in [-0.25, -0.2) is 9.78 Å². The first kappa shape index (κ1) is 15.2. The number of fused-ring (bicyclic) bond motifs is 2. The van der Waals surface area contributed by atoms with Crippen LogP contribution in [0.3, 0.4) is 0 Å². The summed E-state index contributed by atoms with van der Waals surface area (Å²) in [5, 5.41) is 1.32. The monoisotopic (exact) mass is 356 g/mol. The number of imidazole rings is 1. The number of carbonyl (C=O) groups excluding carboxylic acids is 1. The Morgan fingerprint density at radius 2 is 2.12 bits per heavy atom. The van der Waals surface area contributed by atoms with Gasteiger partial charge in [-0.05, 0) is 24.6 Å². The third kappa shape index (κ3) is 2.56. The average Bonchev–Trinajstić information content (AvgIpc) is 3.15. The van der Waals surface area contributed by atoms with Crippen LogP contribution in [-0.2, 0) is 11.3 Å². The fourth-order valence-electron chi connectivity index (χ4n) is 2.62. The Labute approximate surface area is 147 Å². The van der Waals surface area contributed by atoms with Gasteiger partial charge >= 0.3 is 5.97 Å². The van der Waals surface area contributed by atoms with Crippen molar-refractivity contribution >= 4 is 44.6 Å². The van der Waals surface area contributed by atoms with Crippen LogP contribution in [0, 0.1) is 6.92 Å². The van der Waals surface area contributed by atoms with Gasteiger partial charge in [-0.1, -0.05) is 35.9 Å². The van der Waals surface area contributed by atoms with Gasteiger partial charge in [0.15, 0.2) is 0 Å². The third-order valence-electron chi connectivity index (χ3n) is 3.80. The van der Waals surface area contributed by atoms with Gasteiger partial charge in [0, 0.05) is 22.5 Å². The van der Waals surface area contributed by atoms with E-state index in [1.807, 2.05) is 60.1 Å². The van der Waals surface area contributed by atoms with Crippen LogP contribution < -0.4 is 0 Å². The van der Waals surface area contributed by atoms with Crippen LogP contribution in [0.5, 0.6) is 0 Å². The van der Waals surface area contributed by atoms with E-state index in [1.54, 1.807) is 0 Å². The number of aryl methyl sites for hydroxylation is 1. The molecule has 0 aliphatic heterocycles. The van der Waals surface area contributed by atoms with Gasteiger partial charge in [-0.3, -0.25) is 0 Å². The van der Waals surface area contributed by atoms with E-state index in [0.29, 0.717) is 15.6 Å². The normalized spacial score (nSPS) is 11.2. The van der Waals surface area contributed by atoms with Gasteiger partial charge in [0.25, 0.3) is 0 Å². The van der Waals surface area contributed by atoms with Crippen molar-refractivity contribution in [2.75, 3.05) is 0 Å². The molecule has 4 nitrogen and oxygen atoms in total. The summed E-state index contributed by atoms with van der Waals surface area (Å²) in [6, 6.07) is 11.6. The van der Waals surface area contributed by atoms with E-state index in [1.165, 1.54) is 11.3 Å². The smallest absolute Gasteiger partial charge is 0.350 e. The molecule has 0 amide bonds. The highest BCUT2D eigenvalue weighted by Crippen LogP contribution is 2.35. The summed E-state index contributed by atoms with van der Waals surface area (Å²) in [6.07, 6.45) is 3.78. The van der Waals surface area contributed by atoms with Crippen LogP contribution in [-0.4, -0.2) is 15.4 Å². The molecule has 120 valence electrons. The Balaban J connectivity index is 1.57. The maximum Gasteiger partial charge on any atom is 0.350 e. The standard InChI is InChI=1S/C18H13ClN2O2S/c1-11-5-4-8-21-9-12(20-17(11)21)10-23-18(22)16-15(19)13-6-2-3-7-14(13)24-16/h2-9H,10H2,1H3. The zero-order valence-electron chi connectivity index (χ0n) is 12.8. The molecule has 4 rings (SSSR count). The number of aromatic nitrogens is 2. The Morgan fingerprint density at radius 3 is 2.92 bits per heavy atom. The lowest BCUT2D eigenvalue weighted by Gasteiger charge is -2.00. The molecule has 3 heterocycles. The van der Waals surface area contributed by atoms with E-state index in [9.17, 15) is 4.79 Å². The van der Waals surface area contributed by atoms with Crippen molar-refractivity contribution < 1.29 is 9.53 Å². The molecule has 0 saturated heterocycles. The lowest BCUT2D eigenvalue weighted by Crippen LogP contribution is -2.03. The summed E-state index contributed by atoms with van der Waals surface area (Å²) in [7, 11) is 0. The molecular formula is C18H13ClN2O2S. The Bertz CT molecular complexity index is 1070. The van der Waals surface area contributed by atoms with Crippen molar-refractivity contribution in [3.05, 3.63) is 69.9 Å². The Kier molecular flexibility index (Phi) is 3.75. The highest BCUT2D eigenvalue weighted by molar-refractivity contribution is 7.21. The van der Waals surface area contributed by atoms with Crippen LogP contribution in [0.1, 0.15) is 20.9 Å². The molecule has 0 saturated carbocycles. The minimum atomic E-state index is -0.421. The zero-order valence-corrected chi connectivity index (χ0v) is 14.4. The van der Waals surface area contributed by atoms with Crippen molar-refractivity contribution in [2.45, 2.75) is 13.5 Å². The minimum Gasteiger partial charge on any atom is -0.455 e. The van der Waals surface area contributed by atoms with E-state index in [4.69, 9.17) is 16.3 Å². The number of ether oxygens (including phenoxy) is 1. The van der Waals surface area contributed by atoms with Crippen LogP contribution in [0.4, 0.5) is 0 Å². The first-order chi connectivity index (χ1) is 11.6. The topological polar surface area (TPSA) is 43.6 Å². The molecule has 0 aliphatic carbocycles. The molecule has 0 fully saturated rings. The maximum absolute atomic E-state index is 12.4. The van der Waals surface area contributed by atoms with E-state index < -0.39 is 5.97 Å². The molecule has 24 heavy (non-hydrogen) atoms. The minimum absolute atomic E-state index is 0.116. The summed E-state index contributed by atoms with van der Waals surface area (Å²) >= 11 is 7.65. The van der Waals surface area contributed by atoms with Gasteiger partial charge in [-0.2, -0.15) is 0 Å². The molecule has 1 aromatic carbocycles. The Hall–Kier alpha value is -2.37. The predicted molar refractivity (Wildman–Crippen MR) is 95.9 cm³/mol. The summed E-state index contributed by atoms with van der Waals surface area (Å²) in [4.78, 5) is 17.3. The number of benzene rings is 1. The fraction of sp³-hybridized carbons (Fsp3) is 0.111. The van der Waals surface area contributed by atoms with Gasteiger partial charge in [0.05, 0.1) is 10.7 Å². The van der Waals surface area contributed by atoms with Gasteiger partial charge in [0.1, 0.15) is 17.1 Å². The van der Waals surface area contributed by atoms with Crippen molar-refractivity contribution in [1.82, 2.24) is 9.38 Å². The second-order valence-electron chi connectivity index (χ2n) is 5.47. The zero-order chi connectivity index (χ0) is 16.7. The number of hydrogen-bond donors (Lipinski definition) is 0. The summed E-state index contributed by atoms with van der Waals surface area (Å²) in [6.45, 7) is 2.11. The van der Waals surface area contributed by atoms with Crippen molar-refractivity contribution in [3.8, 4) is 0 Å². The number of thiophene rings is 1. The van der Waals surface area contributed by atoms with Crippen LogP contribution in [0.25, 0.3) is 15.7 Å².